The number of methoxy groups -OCH3 is 2. The van der Waals surface area contributed by atoms with Gasteiger partial charge in [-0.25, -0.2) is 0 Å². The van der Waals surface area contributed by atoms with Crippen LogP contribution >= 0.6 is 0 Å². The SMILES string of the molecule is COCCN(CCOC)C(=O)c1ccc(OC(F)F)cc1. The third-order valence-corrected chi connectivity index (χ3v) is 2.74. The number of alkyl halides is 2. The molecule has 0 saturated heterocycles. The van der Waals surface area contributed by atoms with Crippen LogP contribution in [0.15, 0.2) is 24.3 Å². The van der Waals surface area contributed by atoms with Crippen LogP contribution in [0.4, 0.5) is 8.78 Å². The molecule has 0 N–H and O–H groups in total. The Bertz CT molecular complexity index is 417. The van der Waals surface area contributed by atoms with E-state index in [0.717, 1.165) is 0 Å². The molecule has 1 aromatic carbocycles. The number of amides is 1. The number of hydrogen-bond acceptors (Lipinski definition) is 4. The van der Waals surface area contributed by atoms with Crippen LogP contribution < -0.4 is 4.74 Å². The molecule has 5 nitrogen and oxygen atoms in total. The second kappa shape index (κ2) is 9.25. The average Bonchev–Trinajstić information content (AvgIpc) is 2.47. The van der Waals surface area contributed by atoms with E-state index >= 15 is 0 Å². The van der Waals surface area contributed by atoms with Crippen LogP contribution in [0.2, 0.25) is 0 Å². The molecule has 1 amide bonds. The summed E-state index contributed by atoms with van der Waals surface area (Å²) in [5, 5.41) is 0. The van der Waals surface area contributed by atoms with Gasteiger partial charge in [-0.3, -0.25) is 4.79 Å². The van der Waals surface area contributed by atoms with Crippen molar-refractivity contribution >= 4 is 5.91 Å². The van der Waals surface area contributed by atoms with E-state index in [0.29, 0.717) is 31.9 Å². The Balaban J connectivity index is 2.72. The van der Waals surface area contributed by atoms with Crippen molar-refractivity contribution in [3.8, 4) is 5.75 Å². The zero-order valence-electron chi connectivity index (χ0n) is 12.1. The first-order chi connectivity index (χ1) is 10.1. The third kappa shape index (κ3) is 6.05. The van der Waals surface area contributed by atoms with Crippen molar-refractivity contribution in [2.24, 2.45) is 0 Å². The highest BCUT2D eigenvalue weighted by atomic mass is 19.3. The number of halogens is 2. The number of nitrogens with zero attached hydrogens (tertiary/aromatic N) is 1. The summed E-state index contributed by atoms with van der Waals surface area (Å²) < 4.78 is 38.3. The molecule has 0 heterocycles. The van der Waals surface area contributed by atoms with E-state index in [2.05, 4.69) is 4.74 Å². The summed E-state index contributed by atoms with van der Waals surface area (Å²) in [4.78, 5) is 13.9. The van der Waals surface area contributed by atoms with E-state index in [1.807, 2.05) is 0 Å². The summed E-state index contributed by atoms with van der Waals surface area (Å²) in [6, 6.07) is 5.58. The van der Waals surface area contributed by atoms with E-state index in [-0.39, 0.29) is 11.7 Å². The van der Waals surface area contributed by atoms with Crippen LogP contribution in [0.5, 0.6) is 5.75 Å². The lowest BCUT2D eigenvalue weighted by Crippen LogP contribution is -2.36. The van der Waals surface area contributed by atoms with E-state index in [4.69, 9.17) is 9.47 Å². The summed E-state index contributed by atoms with van der Waals surface area (Å²) in [5.74, 6) is -0.199. The average molecular weight is 303 g/mol. The molecule has 0 aromatic heterocycles. The largest absolute Gasteiger partial charge is 0.435 e. The molecule has 0 spiro atoms. The Hall–Kier alpha value is -1.73. The van der Waals surface area contributed by atoms with Crippen molar-refractivity contribution in [3.05, 3.63) is 29.8 Å². The quantitative estimate of drug-likeness (QED) is 0.700. The molecular formula is C14H19F2NO4. The molecule has 0 atom stereocenters. The van der Waals surface area contributed by atoms with Gasteiger partial charge in [0.15, 0.2) is 0 Å². The van der Waals surface area contributed by atoms with Gasteiger partial charge in [0.25, 0.3) is 5.91 Å². The van der Waals surface area contributed by atoms with Gasteiger partial charge in [0.2, 0.25) is 0 Å². The second-order valence-electron chi connectivity index (χ2n) is 4.18. The second-order valence-corrected chi connectivity index (χ2v) is 4.18. The first-order valence-electron chi connectivity index (χ1n) is 6.40. The smallest absolute Gasteiger partial charge is 0.387 e. The minimum absolute atomic E-state index is 0.0156. The number of rotatable bonds is 9. The van der Waals surface area contributed by atoms with Crippen LogP contribution in [-0.2, 0) is 9.47 Å². The van der Waals surface area contributed by atoms with E-state index in [1.54, 1.807) is 19.1 Å². The minimum Gasteiger partial charge on any atom is -0.435 e. The molecule has 0 aliphatic rings. The number of hydrogen-bond donors (Lipinski definition) is 0. The highest BCUT2D eigenvalue weighted by Gasteiger charge is 2.15. The maximum Gasteiger partial charge on any atom is 0.387 e. The maximum atomic E-state index is 12.3. The standard InChI is InChI=1S/C14H19F2NO4/c1-19-9-7-17(8-10-20-2)13(18)11-3-5-12(6-4-11)21-14(15)16/h3-6,14H,7-10H2,1-2H3. The highest BCUT2D eigenvalue weighted by molar-refractivity contribution is 5.94. The van der Waals surface area contributed by atoms with Crippen molar-refractivity contribution in [2.45, 2.75) is 6.61 Å². The Kier molecular flexibility index (Phi) is 7.63. The van der Waals surface area contributed by atoms with Gasteiger partial charge in [-0.05, 0) is 24.3 Å². The Morgan fingerprint density at radius 3 is 2.05 bits per heavy atom. The molecule has 118 valence electrons. The lowest BCUT2D eigenvalue weighted by atomic mass is 10.2. The molecular weight excluding hydrogens is 284 g/mol. The lowest BCUT2D eigenvalue weighted by molar-refractivity contribution is -0.0498. The van der Waals surface area contributed by atoms with E-state index in [1.165, 1.54) is 24.3 Å². The highest BCUT2D eigenvalue weighted by Crippen LogP contribution is 2.16. The Labute approximate surface area is 122 Å². The van der Waals surface area contributed by atoms with Gasteiger partial charge < -0.3 is 19.1 Å². The van der Waals surface area contributed by atoms with Gasteiger partial charge in [0, 0.05) is 32.9 Å². The van der Waals surface area contributed by atoms with Crippen LogP contribution in [0.25, 0.3) is 0 Å². The van der Waals surface area contributed by atoms with Crippen LogP contribution in [0, 0.1) is 0 Å². The summed E-state index contributed by atoms with van der Waals surface area (Å²) in [5.41, 5.74) is 0.392. The van der Waals surface area contributed by atoms with Crippen molar-refractivity contribution in [1.29, 1.82) is 0 Å². The zero-order valence-corrected chi connectivity index (χ0v) is 12.1. The molecule has 0 aliphatic carbocycles. The molecule has 0 fully saturated rings. The van der Waals surface area contributed by atoms with Crippen molar-refractivity contribution in [2.75, 3.05) is 40.5 Å². The van der Waals surface area contributed by atoms with Gasteiger partial charge >= 0.3 is 6.61 Å². The molecule has 0 saturated carbocycles. The maximum absolute atomic E-state index is 12.3. The Morgan fingerprint density at radius 1 is 1.10 bits per heavy atom. The fourth-order valence-corrected chi connectivity index (χ4v) is 1.68. The minimum atomic E-state index is -2.88. The summed E-state index contributed by atoms with van der Waals surface area (Å²) in [6.45, 7) is -1.22. The normalized spacial score (nSPS) is 10.7. The van der Waals surface area contributed by atoms with Crippen LogP contribution in [0.3, 0.4) is 0 Å². The number of carbonyl (C=O) groups is 1. The van der Waals surface area contributed by atoms with Gasteiger partial charge in [-0.15, -0.1) is 0 Å². The van der Waals surface area contributed by atoms with Crippen molar-refractivity contribution in [1.82, 2.24) is 4.90 Å². The van der Waals surface area contributed by atoms with E-state index < -0.39 is 6.61 Å². The van der Waals surface area contributed by atoms with E-state index in [9.17, 15) is 13.6 Å². The summed E-state index contributed by atoms with van der Waals surface area (Å²) >= 11 is 0. The molecule has 21 heavy (non-hydrogen) atoms. The van der Waals surface area contributed by atoms with Gasteiger partial charge in [0.1, 0.15) is 5.75 Å². The first-order valence-corrected chi connectivity index (χ1v) is 6.40. The van der Waals surface area contributed by atoms with Crippen molar-refractivity contribution in [3.63, 3.8) is 0 Å². The molecule has 0 unspecified atom stereocenters. The molecule has 0 radical (unpaired) electrons. The zero-order chi connectivity index (χ0) is 15.7. The van der Waals surface area contributed by atoms with Gasteiger partial charge in [0.05, 0.1) is 13.2 Å². The Morgan fingerprint density at radius 2 is 1.62 bits per heavy atom. The third-order valence-electron chi connectivity index (χ3n) is 2.74. The molecule has 1 rings (SSSR count). The summed E-state index contributed by atoms with van der Waals surface area (Å²) in [6.07, 6.45) is 0. The summed E-state index contributed by atoms with van der Waals surface area (Å²) in [7, 11) is 3.10. The predicted octanol–water partition coefficient (Wildman–Crippen LogP) is 2.02. The topological polar surface area (TPSA) is 48.0 Å². The van der Waals surface area contributed by atoms with Crippen molar-refractivity contribution < 1.29 is 27.8 Å². The molecule has 0 bridgehead atoms. The number of benzene rings is 1. The predicted molar refractivity (Wildman–Crippen MR) is 72.7 cm³/mol. The molecule has 0 aliphatic heterocycles. The first kappa shape index (κ1) is 17.3. The lowest BCUT2D eigenvalue weighted by Gasteiger charge is -2.22. The number of ether oxygens (including phenoxy) is 3. The van der Waals surface area contributed by atoms with Crippen LogP contribution in [0.1, 0.15) is 10.4 Å². The monoisotopic (exact) mass is 303 g/mol. The molecule has 7 heteroatoms. The van der Waals surface area contributed by atoms with Gasteiger partial charge in [-0.1, -0.05) is 0 Å². The molecule has 1 aromatic rings. The number of carbonyl (C=O) groups excluding carboxylic acids is 1. The van der Waals surface area contributed by atoms with Gasteiger partial charge in [-0.2, -0.15) is 8.78 Å². The fourth-order valence-electron chi connectivity index (χ4n) is 1.68. The van der Waals surface area contributed by atoms with Crippen LogP contribution in [-0.4, -0.2) is 57.9 Å². The fraction of sp³-hybridized carbons (Fsp3) is 0.500.